The first-order valence-electron chi connectivity index (χ1n) is 19.4. The second kappa shape index (κ2) is 14.2. The highest BCUT2D eigenvalue weighted by Gasteiger charge is 2.60. The summed E-state index contributed by atoms with van der Waals surface area (Å²) < 4.78 is 52.9. The number of carboxylic acid groups (broad SMARTS) is 1. The van der Waals surface area contributed by atoms with E-state index >= 15 is 0 Å². The zero-order chi connectivity index (χ0) is 39.5. The number of alkyl halides is 3. The van der Waals surface area contributed by atoms with Crippen molar-refractivity contribution in [1.82, 2.24) is 29.8 Å². The van der Waals surface area contributed by atoms with E-state index < -0.39 is 34.8 Å². The molecule has 5 heterocycles. The number of hydrogen-bond acceptors (Lipinski definition) is 9. The molecule has 5 aliphatic rings. The lowest BCUT2D eigenvalue weighted by atomic mass is 9.58. The molecule has 5 aromatic rings. The largest absolute Gasteiger partial charge is 0.490 e. The Morgan fingerprint density at radius 2 is 1.68 bits per heavy atom. The lowest BCUT2D eigenvalue weighted by Gasteiger charge is -2.50. The predicted octanol–water partition coefficient (Wildman–Crippen LogP) is 7.22. The molecule has 4 aromatic heterocycles. The molecule has 57 heavy (non-hydrogen) atoms. The van der Waals surface area contributed by atoms with Crippen molar-refractivity contribution < 1.29 is 32.6 Å². The van der Waals surface area contributed by atoms with Crippen LogP contribution >= 0.6 is 0 Å². The third-order valence-electron chi connectivity index (χ3n) is 12.5. The summed E-state index contributed by atoms with van der Waals surface area (Å²) in [5.74, 6) is -0.708. The molecule has 2 N–H and O–H groups in total. The Morgan fingerprint density at radius 1 is 0.912 bits per heavy atom. The van der Waals surface area contributed by atoms with E-state index in [0.717, 1.165) is 18.9 Å². The maximum absolute atomic E-state index is 14.9. The summed E-state index contributed by atoms with van der Waals surface area (Å²) in [4.78, 5) is 46.3. The van der Waals surface area contributed by atoms with Crippen molar-refractivity contribution in [3.05, 3.63) is 90.1 Å². The first-order valence-corrected chi connectivity index (χ1v) is 19.4. The van der Waals surface area contributed by atoms with Gasteiger partial charge in [-0.3, -0.25) is 4.79 Å². The molecule has 292 valence electrons. The smallest absolute Gasteiger partial charge is 0.434 e. The summed E-state index contributed by atoms with van der Waals surface area (Å²) in [5, 5.41) is 23.4. The maximum Gasteiger partial charge on any atom is 0.434 e. The molecule has 0 spiro atoms. The van der Waals surface area contributed by atoms with Crippen LogP contribution in [0.25, 0.3) is 28.0 Å². The van der Waals surface area contributed by atoms with Gasteiger partial charge in [-0.15, -0.1) is 0 Å². The fourth-order valence-corrected chi connectivity index (χ4v) is 10.1. The summed E-state index contributed by atoms with van der Waals surface area (Å²) in [6, 6.07) is 16.4. The van der Waals surface area contributed by atoms with Gasteiger partial charge >= 0.3 is 12.1 Å². The highest BCUT2D eigenvalue weighted by Crippen LogP contribution is 2.56. The quantitative estimate of drug-likeness (QED) is 0.165. The monoisotopic (exact) mass is 776 g/mol. The Labute approximate surface area is 325 Å². The Morgan fingerprint density at radius 3 is 2.44 bits per heavy atom. The molecule has 5 unspecified atom stereocenters. The number of hydrogen-bond donors (Lipinski definition) is 2. The third-order valence-corrected chi connectivity index (χ3v) is 12.5. The number of nitriles is 1. The summed E-state index contributed by atoms with van der Waals surface area (Å²) in [7, 11) is 0. The van der Waals surface area contributed by atoms with Gasteiger partial charge in [0.15, 0.2) is 5.69 Å². The van der Waals surface area contributed by atoms with Gasteiger partial charge in [0.1, 0.15) is 35.0 Å². The fourth-order valence-electron chi connectivity index (χ4n) is 10.1. The van der Waals surface area contributed by atoms with E-state index in [-0.39, 0.29) is 29.3 Å². The van der Waals surface area contributed by atoms with Gasteiger partial charge in [0, 0.05) is 61.5 Å². The van der Waals surface area contributed by atoms with Gasteiger partial charge in [-0.2, -0.15) is 18.4 Å². The fraction of sp³-hybridized carbons (Fsp3) is 0.405. The Hall–Kier alpha value is -6.04. The van der Waals surface area contributed by atoms with Crippen LogP contribution < -0.4 is 15.0 Å². The van der Waals surface area contributed by atoms with E-state index in [1.165, 1.54) is 6.07 Å². The number of rotatable bonds is 8. The van der Waals surface area contributed by atoms with E-state index in [1.54, 1.807) is 65.6 Å². The van der Waals surface area contributed by atoms with E-state index in [4.69, 9.17) is 4.74 Å². The average Bonchev–Trinajstić information content (AvgIpc) is 3.47. The molecule has 5 fully saturated rings. The number of halogens is 3. The van der Waals surface area contributed by atoms with Crippen molar-refractivity contribution in [2.24, 2.45) is 23.7 Å². The minimum Gasteiger partial charge on any atom is -0.490 e. The number of amides is 1. The summed E-state index contributed by atoms with van der Waals surface area (Å²) >= 11 is 0. The summed E-state index contributed by atoms with van der Waals surface area (Å²) in [6.45, 7) is 1.39. The zero-order valence-electron chi connectivity index (χ0n) is 30.8. The van der Waals surface area contributed by atoms with Crippen molar-refractivity contribution in [1.29, 1.82) is 5.26 Å². The molecule has 5 atom stereocenters. The number of ether oxygens (including phenoxy) is 1. The van der Waals surface area contributed by atoms with Crippen LogP contribution in [0.4, 0.5) is 19.1 Å². The van der Waals surface area contributed by atoms with Gasteiger partial charge < -0.3 is 24.6 Å². The van der Waals surface area contributed by atoms with Crippen molar-refractivity contribution in [3.8, 4) is 28.9 Å². The van der Waals surface area contributed by atoms with Crippen LogP contribution in [0, 0.1) is 35.0 Å². The first kappa shape index (κ1) is 36.6. The van der Waals surface area contributed by atoms with Crippen molar-refractivity contribution in [2.45, 2.75) is 69.2 Å². The number of nitrogens with zero attached hydrogens (tertiary/aromatic N) is 7. The number of carboxylic acids is 1. The second-order valence-electron chi connectivity index (χ2n) is 15.8. The van der Waals surface area contributed by atoms with E-state index in [9.17, 15) is 33.1 Å². The van der Waals surface area contributed by atoms with E-state index in [1.807, 2.05) is 6.07 Å². The molecule has 0 radical (unpaired) electrons. The van der Waals surface area contributed by atoms with Crippen LogP contribution in [0.2, 0.25) is 0 Å². The molecule has 4 aliphatic carbocycles. The number of fused-ring (bicyclic) bond motifs is 2. The average molecular weight is 777 g/mol. The number of nitrogens with one attached hydrogen (secondary N) is 1. The van der Waals surface area contributed by atoms with Crippen LogP contribution in [0.3, 0.4) is 0 Å². The molecule has 4 bridgehead atoms. The van der Waals surface area contributed by atoms with Crippen LogP contribution in [-0.2, 0) is 11.0 Å². The molecule has 12 nitrogen and oxygen atoms in total. The number of carbonyl (C=O) groups excluding carboxylic acids is 1. The Balaban J connectivity index is 1.06. The predicted molar refractivity (Wildman–Crippen MR) is 201 cm³/mol. The lowest BCUT2D eigenvalue weighted by Crippen LogP contribution is -2.66. The van der Waals surface area contributed by atoms with Gasteiger partial charge in [-0.1, -0.05) is 12.5 Å². The first-order chi connectivity index (χ1) is 27.5. The molecular weight excluding hydrogens is 738 g/mol. The van der Waals surface area contributed by atoms with Crippen molar-refractivity contribution in [3.63, 3.8) is 0 Å². The SMILES string of the molecule is N#Cc1cccc(-n2cc(-c3ccc(C(=O)NC4(C(=O)O)C5CCC6CC(C5)CC4C6)c(C(F)(F)F)n3)c3ccc(OC4CCN(c5ncccn5)CC4)cc32)n1. The van der Waals surface area contributed by atoms with Crippen LogP contribution in [0.15, 0.2) is 73.2 Å². The zero-order valence-corrected chi connectivity index (χ0v) is 30.8. The topological polar surface area (TPSA) is 159 Å². The van der Waals surface area contributed by atoms with Gasteiger partial charge in [0.05, 0.1) is 16.8 Å². The molecule has 4 saturated carbocycles. The van der Waals surface area contributed by atoms with Gasteiger partial charge in [0.2, 0.25) is 5.95 Å². The number of pyridine rings is 2. The molecule has 1 amide bonds. The van der Waals surface area contributed by atoms with E-state index in [0.29, 0.717) is 97.4 Å². The van der Waals surface area contributed by atoms with Crippen molar-refractivity contribution >= 4 is 28.7 Å². The summed E-state index contributed by atoms with van der Waals surface area (Å²) in [5.41, 5.74) is -2.80. The number of benzene rings is 1. The number of anilines is 1. The number of aliphatic carboxylic acids is 1. The van der Waals surface area contributed by atoms with Crippen LogP contribution in [-0.4, -0.2) is 66.2 Å². The highest BCUT2D eigenvalue weighted by atomic mass is 19.4. The molecule has 1 aromatic carbocycles. The van der Waals surface area contributed by atoms with Crippen molar-refractivity contribution in [2.75, 3.05) is 18.0 Å². The third kappa shape index (κ3) is 6.60. The number of carbonyl (C=O) groups is 2. The molecule has 1 aliphatic heterocycles. The number of piperidine rings is 1. The minimum absolute atomic E-state index is 0.0531. The van der Waals surface area contributed by atoms with Crippen LogP contribution in [0.5, 0.6) is 5.75 Å². The molecule has 15 heteroatoms. The second-order valence-corrected chi connectivity index (χ2v) is 15.8. The highest BCUT2D eigenvalue weighted by molar-refractivity contribution is 6.01. The lowest BCUT2D eigenvalue weighted by molar-refractivity contribution is -0.154. The molecule has 10 rings (SSSR count). The minimum atomic E-state index is -5.04. The Kier molecular flexibility index (Phi) is 9.09. The summed E-state index contributed by atoms with van der Waals surface area (Å²) in [6.07, 6.45) is 5.71. The molecule has 1 saturated heterocycles. The van der Waals surface area contributed by atoms with Gasteiger partial charge in [0.25, 0.3) is 5.91 Å². The Bertz CT molecular complexity index is 2400. The van der Waals surface area contributed by atoms with E-state index in [2.05, 4.69) is 30.2 Å². The number of aromatic nitrogens is 5. The normalized spacial score (nSPS) is 24.6. The van der Waals surface area contributed by atoms with Gasteiger partial charge in [-0.25, -0.2) is 24.7 Å². The van der Waals surface area contributed by atoms with Crippen LogP contribution in [0.1, 0.15) is 73.1 Å². The standard InChI is InChI=1S/C42H39F3N8O4/c43-42(44,45)37-32(38(54)51-41(39(55)56)26-6-5-24-17-25(19-26)20-27(41)18-24)9-10-34(50-37)33-23-53(36-4-1-3-28(22-46)49-36)35-21-30(7-8-31(33)35)57-29-11-15-52(16-12-29)40-47-13-2-14-48-40/h1-4,7-10,13-14,21,23-27,29H,5-6,11-12,15-20H2,(H,51,54)(H,55,56). The maximum atomic E-state index is 14.9. The van der Waals surface area contributed by atoms with Gasteiger partial charge in [-0.05, 0) is 98.2 Å². The molecular formula is C42H39F3N8O4.